The molecule has 162 valence electrons. The smallest absolute Gasteiger partial charge is 0.354 e. The minimum absolute atomic E-state index is 0.333. The van der Waals surface area contributed by atoms with Crippen LogP contribution in [0.15, 0.2) is 43.1 Å². The zero-order valence-corrected chi connectivity index (χ0v) is 19.4. The molecule has 0 fully saturated rings. The van der Waals surface area contributed by atoms with E-state index in [4.69, 9.17) is 45.3 Å². The highest BCUT2D eigenvalue weighted by atomic mass is 35.5. The van der Waals surface area contributed by atoms with Crippen LogP contribution in [-0.4, -0.2) is 24.6 Å². The van der Waals surface area contributed by atoms with Gasteiger partial charge in [0.25, 0.3) is 0 Å². The molecule has 1 heterocycles. The summed E-state index contributed by atoms with van der Waals surface area (Å²) in [6.07, 6.45) is 2.12. The Morgan fingerprint density at radius 2 is 1.87 bits per heavy atom. The van der Waals surface area contributed by atoms with Crippen LogP contribution < -0.4 is 11.1 Å². The molecule has 5 nitrogen and oxygen atoms in total. The Morgan fingerprint density at radius 3 is 2.55 bits per heavy atom. The zero-order chi connectivity index (χ0) is 22.7. The van der Waals surface area contributed by atoms with Gasteiger partial charge in [-0.05, 0) is 54.0 Å². The maximum absolute atomic E-state index is 12.5. The van der Waals surface area contributed by atoms with Crippen molar-refractivity contribution >= 4 is 57.7 Å². The third-order valence-corrected chi connectivity index (χ3v) is 5.88. The van der Waals surface area contributed by atoms with E-state index < -0.39 is 5.97 Å². The molecule has 0 amide bonds. The number of esters is 1. The lowest BCUT2D eigenvalue weighted by Gasteiger charge is -2.15. The maximum Gasteiger partial charge on any atom is 0.354 e. The first kappa shape index (κ1) is 23.1. The van der Waals surface area contributed by atoms with Crippen LogP contribution in [0.25, 0.3) is 5.57 Å². The van der Waals surface area contributed by atoms with Crippen molar-refractivity contribution in [1.82, 2.24) is 4.98 Å². The van der Waals surface area contributed by atoms with Gasteiger partial charge in [0.05, 0.1) is 17.2 Å². The number of anilines is 2. The van der Waals surface area contributed by atoms with Gasteiger partial charge in [0, 0.05) is 46.7 Å². The molecule has 0 aliphatic heterocycles. The number of rotatable bonds is 7. The van der Waals surface area contributed by atoms with E-state index in [1.165, 1.54) is 7.11 Å². The first-order valence-corrected chi connectivity index (χ1v) is 10.6. The summed E-state index contributed by atoms with van der Waals surface area (Å²) in [7, 11) is 1.34. The molecule has 0 aliphatic carbocycles. The van der Waals surface area contributed by atoms with E-state index in [1.807, 2.05) is 25.1 Å². The van der Waals surface area contributed by atoms with Crippen molar-refractivity contribution in [3.8, 4) is 0 Å². The summed E-state index contributed by atoms with van der Waals surface area (Å²) in [5.41, 5.74) is 11.4. The minimum atomic E-state index is -0.483. The molecule has 0 spiro atoms. The molecule has 0 atom stereocenters. The fraction of sp³-hybridized carbons (Fsp3) is 0.174. The molecule has 8 heteroatoms. The summed E-state index contributed by atoms with van der Waals surface area (Å²) in [6.45, 7) is 6.96. The Hall–Kier alpha value is -2.60. The molecule has 0 aliphatic rings. The quantitative estimate of drug-likeness (QED) is 0.270. The Bertz CT molecular complexity index is 1160. The number of nitrogen functional groups attached to an aromatic ring is 1. The lowest BCUT2D eigenvalue weighted by atomic mass is 9.92. The highest BCUT2D eigenvalue weighted by Gasteiger charge is 2.22. The van der Waals surface area contributed by atoms with Gasteiger partial charge in [-0.2, -0.15) is 0 Å². The number of aromatic nitrogens is 1. The molecule has 2 aromatic carbocycles. The van der Waals surface area contributed by atoms with Crippen LogP contribution in [0.5, 0.6) is 0 Å². The Balaban J connectivity index is 2.14. The summed E-state index contributed by atoms with van der Waals surface area (Å²) in [6, 6.07) is 8.85. The van der Waals surface area contributed by atoms with Crippen molar-refractivity contribution in [1.29, 1.82) is 0 Å². The first-order chi connectivity index (χ1) is 14.8. The van der Waals surface area contributed by atoms with Crippen molar-refractivity contribution in [3.63, 3.8) is 0 Å². The number of halogens is 3. The molecule has 31 heavy (non-hydrogen) atoms. The van der Waals surface area contributed by atoms with E-state index in [9.17, 15) is 4.79 Å². The average Bonchev–Trinajstić information content (AvgIpc) is 3.15. The number of ether oxygens (including phenoxy) is 1. The predicted molar refractivity (Wildman–Crippen MR) is 130 cm³/mol. The van der Waals surface area contributed by atoms with Gasteiger partial charge in [-0.25, -0.2) is 4.79 Å². The van der Waals surface area contributed by atoms with Crippen LogP contribution in [0.1, 0.15) is 39.7 Å². The number of carbonyl (C=O) groups is 1. The van der Waals surface area contributed by atoms with Crippen LogP contribution in [0, 0.1) is 0 Å². The first-order valence-electron chi connectivity index (χ1n) is 9.51. The number of methoxy groups -OCH3 is 1. The third kappa shape index (κ3) is 4.85. The molecule has 0 saturated carbocycles. The summed E-state index contributed by atoms with van der Waals surface area (Å²) in [5, 5.41) is 4.64. The number of aromatic amines is 1. The number of hydrogen-bond donors (Lipinski definition) is 3. The van der Waals surface area contributed by atoms with Gasteiger partial charge in [0.1, 0.15) is 5.69 Å². The van der Waals surface area contributed by atoms with Crippen LogP contribution in [0.2, 0.25) is 15.1 Å². The van der Waals surface area contributed by atoms with E-state index in [2.05, 4.69) is 16.9 Å². The van der Waals surface area contributed by atoms with Gasteiger partial charge in [0.15, 0.2) is 0 Å². The van der Waals surface area contributed by atoms with E-state index in [0.29, 0.717) is 55.1 Å². The predicted octanol–water partition coefficient (Wildman–Crippen LogP) is 6.43. The minimum Gasteiger partial charge on any atom is -0.464 e. The number of nitrogens with one attached hydrogen (secondary N) is 2. The molecular formula is C23H22Cl3N3O2. The van der Waals surface area contributed by atoms with E-state index in [-0.39, 0.29) is 0 Å². The van der Waals surface area contributed by atoms with Gasteiger partial charge in [-0.1, -0.05) is 41.4 Å². The summed E-state index contributed by atoms with van der Waals surface area (Å²) in [4.78, 5) is 15.5. The third-order valence-electron chi connectivity index (χ3n) is 4.92. The molecule has 3 aromatic rings. The molecule has 4 N–H and O–H groups in total. The second-order valence-corrected chi connectivity index (χ2v) is 8.14. The van der Waals surface area contributed by atoms with Gasteiger partial charge < -0.3 is 20.8 Å². The highest BCUT2D eigenvalue weighted by molar-refractivity contribution is 6.42. The lowest BCUT2D eigenvalue weighted by molar-refractivity contribution is 0.0593. The van der Waals surface area contributed by atoms with Gasteiger partial charge in [0.2, 0.25) is 0 Å². The van der Waals surface area contributed by atoms with Crippen LogP contribution in [0.4, 0.5) is 11.4 Å². The van der Waals surface area contributed by atoms with Crippen LogP contribution in [-0.2, 0) is 11.2 Å². The lowest BCUT2D eigenvalue weighted by Crippen LogP contribution is -2.08. The molecular weight excluding hydrogens is 457 g/mol. The number of benzene rings is 2. The zero-order valence-electron chi connectivity index (χ0n) is 17.1. The summed E-state index contributed by atoms with van der Waals surface area (Å²) in [5.74, 6) is -0.483. The van der Waals surface area contributed by atoms with E-state index in [1.54, 1.807) is 18.3 Å². The van der Waals surface area contributed by atoms with Crippen molar-refractivity contribution < 1.29 is 9.53 Å². The van der Waals surface area contributed by atoms with Gasteiger partial charge >= 0.3 is 5.97 Å². The topological polar surface area (TPSA) is 80.1 Å². The number of nitrogens with two attached hydrogens (primary N) is 1. The van der Waals surface area contributed by atoms with Crippen LogP contribution in [0.3, 0.4) is 0 Å². The maximum atomic E-state index is 12.5. The largest absolute Gasteiger partial charge is 0.464 e. The monoisotopic (exact) mass is 477 g/mol. The average molecular weight is 479 g/mol. The van der Waals surface area contributed by atoms with Gasteiger partial charge in [-0.3, -0.25) is 0 Å². The second-order valence-electron chi connectivity index (χ2n) is 6.89. The summed E-state index contributed by atoms with van der Waals surface area (Å²) < 4.78 is 4.97. The standard InChI is InChI=1S/C23H22Cl3N3O2/c1-4-28-21-6-5-14(24)7-13(21)8-16-17(11-29-22(16)23(30)31-3)12(2)15-9-18(25)19(26)10-20(15)27/h5-7,9-11,28-29H,2,4,8,27H2,1,3H3. The number of H-pyrrole nitrogens is 1. The molecule has 3 rings (SSSR count). The molecule has 0 radical (unpaired) electrons. The molecule has 1 aromatic heterocycles. The number of hydrogen-bond acceptors (Lipinski definition) is 4. The highest BCUT2D eigenvalue weighted by Crippen LogP contribution is 2.37. The Kier molecular flexibility index (Phi) is 7.21. The van der Waals surface area contributed by atoms with Crippen molar-refractivity contribution in [3.05, 3.63) is 86.1 Å². The molecule has 0 saturated heterocycles. The Labute approximate surface area is 196 Å². The Morgan fingerprint density at radius 1 is 1.16 bits per heavy atom. The van der Waals surface area contributed by atoms with Crippen LogP contribution >= 0.6 is 34.8 Å². The van der Waals surface area contributed by atoms with E-state index >= 15 is 0 Å². The summed E-state index contributed by atoms with van der Waals surface area (Å²) >= 11 is 18.5. The molecule has 0 unspecified atom stereocenters. The normalized spacial score (nSPS) is 10.7. The van der Waals surface area contributed by atoms with Crippen molar-refractivity contribution in [2.24, 2.45) is 0 Å². The van der Waals surface area contributed by atoms with Crippen molar-refractivity contribution in [2.45, 2.75) is 13.3 Å². The number of carbonyl (C=O) groups excluding carboxylic acids is 1. The fourth-order valence-corrected chi connectivity index (χ4v) is 3.95. The van der Waals surface area contributed by atoms with Crippen molar-refractivity contribution in [2.75, 3.05) is 24.7 Å². The SMILES string of the molecule is C=C(c1cc(Cl)c(Cl)cc1N)c1c[nH]c(C(=O)OC)c1Cc1cc(Cl)ccc1NCC. The molecule has 0 bridgehead atoms. The van der Waals surface area contributed by atoms with Gasteiger partial charge in [-0.15, -0.1) is 0 Å². The fourth-order valence-electron chi connectivity index (χ4n) is 3.42. The van der Waals surface area contributed by atoms with E-state index in [0.717, 1.165) is 17.8 Å². The second kappa shape index (κ2) is 9.69.